The molecule has 2 heterocycles. The van der Waals surface area contributed by atoms with Gasteiger partial charge in [0.05, 0.1) is 7.11 Å². The van der Waals surface area contributed by atoms with Crippen molar-refractivity contribution in [1.82, 2.24) is 9.97 Å². The molecule has 27 heavy (non-hydrogen) atoms. The Bertz CT molecular complexity index is 1060. The van der Waals surface area contributed by atoms with Crippen LogP contribution in [0.15, 0.2) is 71.5 Å². The summed E-state index contributed by atoms with van der Waals surface area (Å²) >= 11 is 3.50. The summed E-state index contributed by atoms with van der Waals surface area (Å²) in [7, 11) is 1.67. The van der Waals surface area contributed by atoms with E-state index in [9.17, 15) is 0 Å². The second-order valence-corrected chi connectivity index (χ2v) is 7.18. The third-order valence-electron chi connectivity index (χ3n) is 4.47. The van der Waals surface area contributed by atoms with Gasteiger partial charge in [-0.1, -0.05) is 42.5 Å². The number of nitrogens with one attached hydrogen (secondary N) is 1. The van der Waals surface area contributed by atoms with Crippen molar-refractivity contribution in [3.8, 4) is 11.5 Å². The fourth-order valence-electron chi connectivity index (χ4n) is 3.14. The molecule has 0 aliphatic heterocycles. The van der Waals surface area contributed by atoms with Gasteiger partial charge in [0, 0.05) is 34.2 Å². The summed E-state index contributed by atoms with van der Waals surface area (Å²) in [5.41, 5.74) is 4.24. The van der Waals surface area contributed by atoms with Crippen molar-refractivity contribution in [2.75, 3.05) is 7.11 Å². The summed E-state index contributed by atoms with van der Waals surface area (Å²) in [6.45, 7) is 0.495. The second-order valence-electron chi connectivity index (χ2n) is 6.26. The molecule has 2 aromatic carbocycles. The Kier molecular flexibility index (Phi) is 5.12. The average Bonchev–Trinajstić information content (AvgIpc) is 3.09. The Labute approximate surface area is 166 Å². The molecule has 2 aromatic heterocycles. The summed E-state index contributed by atoms with van der Waals surface area (Å²) in [6, 6.07) is 18.2. The lowest BCUT2D eigenvalue weighted by molar-refractivity contribution is 0.282. The van der Waals surface area contributed by atoms with E-state index in [-0.39, 0.29) is 0 Å². The Hall–Kier alpha value is -2.79. The van der Waals surface area contributed by atoms with Crippen LogP contribution < -0.4 is 9.47 Å². The molecule has 5 heteroatoms. The summed E-state index contributed by atoms with van der Waals surface area (Å²) in [5.74, 6) is 1.52. The minimum atomic E-state index is 0.495. The van der Waals surface area contributed by atoms with Gasteiger partial charge in [0.25, 0.3) is 0 Å². The summed E-state index contributed by atoms with van der Waals surface area (Å²) in [4.78, 5) is 7.65. The Balaban J connectivity index is 1.66. The van der Waals surface area contributed by atoms with E-state index in [0.717, 1.165) is 50.1 Å². The number of ether oxygens (including phenoxy) is 2. The van der Waals surface area contributed by atoms with Crippen molar-refractivity contribution in [3.63, 3.8) is 0 Å². The van der Waals surface area contributed by atoms with E-state index in [2.05, 4.69) is 50.2 Å². The number of rotatable bonds is 6. The number of pyridine rings is 1. The Morgan fingerprint density at radius 3 is 2.70 bits per heavy atom. The van der Waals surface area contributed by atoms with Crippen LogP contribution in [-0.2, 0) is 13.0 Å². The largest absolute Gasteiger partial charge is 0.493 e. The number of aromatic nitrogens is 2. The smallest absolute Gasteiger partial charge is 0.165 e. The summed E-state index contributed by atoms with van der Waals surface area (Å²) in [6.07, 6.45) is 4.52. The zero-order valence-corrected chi connectivity index (χ0v) is 16.5. The number of H-pyrrole nitrogens is 1. The maximum atomic E-state index is 6.17. The minimum absolute atomic E-state index is 0.495. The first-order valence-electron chi connectivity index (χ1n) is 8.68. The summed E-state index contributed by atoms with van der Waals surface area (Å²) in [5, 5.41) is 1.10. The highest BCUT2D eigenvalue weighted by Crippen LogP contribution is 2.34. The number of para-hydroxylation sites is 1. The first-order valence-corrected chi connectivity index (χ1v) is 9.48. The van der Waals surface area contributed by atoms with E-state index in [0.29, 0.717) is 6.61 Å². The number of aromatic amines is 1. The number of nitrogens with zero attached hydrogens (tertiary/aromatic N) is 1. The number of hydrogen-bond acceptors (Lipinski definition) is 3. The van der Waals surface area contributed by atoms with Gasteiger partial charge in [0.1, 0.15) is 12.3 Å². The molecule has 0 atom stereocenters. The molecule has 0 radical (unpaired) electrons. The van der Waals surface area contributed by atoms with Crippen LogP contribution in [0, 0.1) is 0 Å². The molecule has 1 N–H and O–H groups in total. The molecule has 0 fully saturated rings. The zero-order chi connectivity index (χ0) is 18.6. The van der Waals surface area contributed by atoms with Gasteiger partial charge in [-0.15, -0.1) is 0 Å². The van der Waals surface area contributed by atoms with Gasteiger partial charge in [-0.3, -0.25) is 0 Å². The predicted molar refractivity (Wildman–Crippen MR) is 110 cm³/mol. The van der Waals surface area contributed by atoms with Gasteiger partial charge in [-0.25, -0.2) is 4.98 Å². The predicted octanol–water partition coefficient (Wildman–Crippen LogP) is 5.50. The van der Waals surface area contributed by atoms with Crippen molar-refractivity contribution < 1.29 is 9.47 Å². The Morgan fingerprint density at radius 2 is 1.89 bits per heavy atom. The molecule has 0 saturated heterocycles. The van der Waals surface area contributed by atoms with Crippen LogP contribution in [0.3, 0.4) is 0 Å². The van der Waals surface area contributed by atoms with Crippen LogP contribution in [0.1, 0.15) is 16.7 Å². The molecule has 0 aliphatic carbocycles. The van der Waals surface area contributed by atoms with E-state index in [1.807, 2.05) is 36.5 Å². The lowest BCUT2D eigenvalue weighted by Crippen LogP contribution is -2.01. The van der Waals surface area contributed by atoms with Gasteiger partial charge in [-0.2, -0.15) is 0 Å². The maximum Gasteiger partial charge on any atom is 0.165 e. The minimum Gasteiger partial charge on any atom is -0.493 e. The second kappa shape index (κ2) is 7.84. The third-order valence-corrected chi connectivity index (χ3v) is 4.90. The maximum absolute atomic E-state index is 6.17. The Morgan fingerprint density at radius 1 is 1.04 bits per heavy atom. The first kappa shape index (κ1) is 17.6. The lowest BCUT2D eigenvalue weighted by Gasteiger charge is -2.15. The van der Waals surface area contributed by atoms with Gasteiger partial charge in [0.2, 0.25) is 0 Å². The highest BCUT2D eigenvalue weighted by molar-refractivity contribution is 9.10. The van der Waals surface area contributed by atoms with E-state index in [1.54, 1.807) is 13.3 Å². The fourth-order valence-corrected chi connectivity index (χ4v) is 3.47. The quantitative estimate of drug-likeness (QED) is 0.445. The number of hydrogen-bond donors (Lipinski definition) is 1. The number of halogens is 1. The molecule has 0 bridgehead atoms. The van der Waals surface area contributed by atoms with Gasteiger partial charge in [0.15, 0.2) is 11.5 Å². The van der Waals surface area contributed by atoms with E-state index < -0.39 is 0 Å². The molecule has 136 valence electrons. The third kappa shape index (κ3) is 3.83. The van der Waals surface area contributed by atoms with Crippen LogP contribution in [-0.4, -0.2) is 17.1 Å². The van der Waals surface area contributed by atoms with Crippen molar-refractivity contribution >= 4 is 27.0 Å². The molecular formula is C22H19BrN2O2. The van der Waals surface area contributed by atoms with Gasteiger partial charge < -0.3 is 14.5 Å². The van der Waals surface area contributed by atoms with Crippen LogP contribution in [0.2, 0.25) is 0 Å². The average molecular weight is 423 g/mol. The molecule has 4 rings (SSSR count). The molecule has 0 unspecified atom stereocenters. The summed E-state index contributed by atoms with van der Waals surface area (Å²) < 4.78 is 12.7. The van der Waals surface area contributed by atoms with E-state index >= 15 is 0 Å². The monoisotopic (exact) mass is 422 g/mol. The molecule has 4 aromatic rings. The van der Waals surface area contributed by atoms with Crippen LogP contribution >= 0.6 is 15.9 Å². The highest BCUT2D eigenvalue weighted by Gasteiger charge is 2.14. The molecular weight excluding hydrogens is 404 g/mol. The van der Waals surface area contributed by atoms with Crippen molar-refractivity contribution in [1.29, 1.82) is 0 Å². The number of benzene rings is 2. The zero-order valence-electron chi connectivity index (χ0n) is 14.9. The van der Waals surface area contributed by atoms with Crippen LogP contribution in [0.25, 0.3) is 11.0 Å². The lowest BCUT2D eigenvalue weighted by atomic mass is 10.0. The van der Waals surface area contributed by atoms with E-state index in [1.165, 1.54) is 0 Å². The molecule has 0 amide bonds. The van der Waals surface area contributed by atoms with Crippen LogP contribution in [0.4, 0.5) is 0 Å². The topological polar surface area (TPSA) is 47.1 Å². The fraction of sp³-hybridized carbons (Fsp3) is 0.136. The normalized spacial score (nSPS) is 10.9. The van der Waals surface area contributed by atoms with Crippen molar-refractivity contribution in [2.45, 2.75) is 13.0 Å². The van der Waals surface area contributed by atoms with Crippen LogP contribution in [0.5, 0.6) is 11.5 Å². The van der Waals surface area contributed by atoms with Crippen molar-refractivity contribution in [3.05, 3.63) is 88.2 Å². The first-order chi connectivity index (χ1) is 13.2. The molecule has 0 saturated carbocycles. The molecule has 0 spiro atoms. The highest BCUT2D eigenvalue weighted by atomic mass is 79.9. The van der Waals surface area contributed by atoms with Gasteiger partial charge >= 0.3 is 0 Å². The number of methoxy groups -OCH3 is 1. The molecule has 4 nitrogen and oxygen atoms in total. The van der Waals surface area contributed by atoms with E-state index in [4.69, 9.17) is 9.47 Å². The van der Waals surface area contributed by atoms with Gasteiger partial charge in [-0.05, 0) is 39.2 Å². The molecule has 0 aliphatic rings. The van der Waals surface area contributed by atoms with Crippen molar-refractivity contribution in [2.24, 2.45) is 0 Å². The number of fused-ring (bicyclic) bond motifs is 1. The standard InChI is InChI=1S/C22H19BrN2O2/c1-26-20-9-5-8-16(21(20)27-14-15-6-3-2-4-7-15)10-17-12-24-22-19(17)11-18(23)13-25-22/h2-9,11-13H,10,14H2,1H3,(H,24,25). The SMILES string of the molecule is COc1cccc(Cc2c[nH]c3ncc(Br)cc23)c1OCc1ccccc1.